The van der Waals surface area contributed by atoms with E-state index in [0.29, 0.717) is 46.0 Å². The lowest BCUT2D eigenvalue weighted by Crippen LogP contribution is -2.32. The summed E-state index contributed by atoms with van der Waals surface area (Å²) in [6.45, 7) is 6.94. The van der Waals surface area contributed by atoms with Crippen molar-refractivity contribution in [2.24, 2.45) is 0 Å². The molecule has 1 heterocycles. The van der Waals surface area contributed by atoms with Gasteiger partial charge in [-0.1, -0.05) is 29.4 Å². The molecule has 3 aromatic rings. The summed E-state index contributed by atoms with van der Waals surface area (Å²) in [4.78, 5) is 33.1. The van der Waals surface area contributed by atoms with E-state index in [2.05, 4.69) is 0 Å². The van der Waals surface area contributed by atoms with Crippen LogP contribution < -0.4 is 19.8 Å². The fourth-order valence-corrected chi connectivity index (χ4v) is 4.76. The van der Waals surface area contributed by atoms with Gasteiger partial charge in [0.05, 0.1) is 38.2 Å². The molecule has 182 valence electrons. The van der Waals surface area contributed by atoms with Crippen molar-refractivity contribution in [1.82, 2.24) is 14.5 Å². The van der Waals surface area contributed by atoms with E-state index in [0.717, 1.165) is 5.56 Å². The monoisotopic (exact) mass is 505 g/mol. The highest BCUT2D eigenvalue weighted by molar-refractivity contribution is 7.99. The van der Waals surface area contributed by atoms with Crippen molar-refractivity contribution in [2.75, 3.05) is 40.2 Å². The van der Waals surface area contributed by atoms with Crippen molar-refractivity contribution < 1.29 is 19.0 Å². The van der Waals surface area contributed by atoms with Gasteiger partial charge in [-0.2, -0.15) is 0 Å². The van der Waals surface area contributed by atoms with E-state index in [1.54, 1.807) is 23.1 Å². The molecule has 1 amide bonds. The number of aromatic nitrogens is 2. The van der Waals surface area contributed by atoms with Gasteiger partial charge in [-0.05, 0) is 44.5 Å². The summed E-state index contributed by atoms with van der Waals surface area (Å²) < 4.78 is 18.0. The number of carbonyl (C=O) groups is 1. The van der Waals surface area contributed by atoms with Crippen LogP contribution in [0.1, 0.15) is 19.4 Å². The molecule has 10 heteroatoms. The number of hydrogen-bond acceptors (Lipinski definition) is 7. The first-order chi connectivity index (χ1) is 16.3. The lowest BCUT2D eigenvalue weighted by Gasteiger charge is -2.20. The maximum Gasteiger partial charge on any atom is 0.266 e. The number of methoxy groups -OCH3 is 3. The number of ether oxygens (including phenoxy) is 3. The Morgan fingerprint density at radius 2 is 1.76 bits per heavy atom. The van der Waals surface area contributed by atoms with Gasteiger partial charge in [0.25, 0.3) is 5.56 Å². The Morgan fingerprint density at radius 3 is 2.35 bits per heavy atom. The molecule has 0 fully saturated rings. The molecule has 0 aliphatic rings. The number of halogens is 1. The van der Waals surface area contributed by atoms with E-state index in [9.17, 15) is 9.59 Å². The fourth-order valence-electron chi connectivity index (χ4n) is 3.69. The van der Waals surface area contributed by atoms with E-state index in [1.165, 1.54) is 37.7 Å². The van der Waals surface area contributed by atoms with Crippen LogP contribution in [-0.2, 0) is 4.79 Å². The SMILES string of the molecule is CCN(CC)C(=O)CSc1nc2c(OC)c(OC)c(OC)cc2c(=O)n1-c1cc(Cl)ccc1C. The third-order valence-electron chi connectivity index (χ3n) is 5.49. The van der Waals surface area contributed by atoms with E-state index >= 15 is 0 Å². The van der Waals surface area contributed by atoms with E-state index < -0.39 is 0 Å². The van der Waals surface area contributed by atoms with Crippen molar-refractivity contribution in [3.8, 4) is 22.9 Å². The number of hydrogen-bond donors (Lipinski definition) is 0. The number of carbonyl (C=O) groups excluding carboxylic acids is 1. The van der Waals surface area contributed by atoms with Gasteiger partial charge in [0, 0.05) is 18.1 Å². The van der Waals surface area contributed by atoms with Crippen molar-refractivity contribution in [3.63, 3.8) is 0 Å². The standard InChI is InChI=1S/C24H28ClN3O5S/c1-7-27(8-2)19(29)13-34-24-26-20-16(12-18(31-4)21(32-5)22(20)33-6)23(30)28(24)17-11-15(25)10-9-14(17)3/h9-12H,7-8,13H2,1-6H3. The number of benzene rings is 2. The fraction of sp³-hybridized carbons (Fsp3) is 0.375. The summed E-state index contributed by atoms with van der Waals surface area (Å²) in [6.07, 6.45) is 0. The molecule has 0 N–H and O–H groups in total. The molecule has 0 saturated heterocycles. The highest BCUT2D eigenvalue weighted by Crippen LogP contribution is 2.42. The lowest BCUT2D eigenvalue weighted by molar-refractivity contribution is -0.127. The molecule has 2 aromatic carbocycles. The molecule has 1 aromatic heterocycles. The van der Waals surface area contributed by atoms with Crippen molar-refractivity contribution >= 4 is 40.2 Å². The smallest absolute Gasteiger partial charge is 0.266 e. The molecule has 0 radical (unpaired) electrons. The van der Waals surface area contributed by atoms with Crippen LogP contribution >= 0.6 is 23.4 Å². The molecule has 0 unspecified atom stereocenters. The molecule has 3 rings (SSSR count). The van der Waals surface area contributed by atoms with Gasteiger partial charge in [-0.3, -0.25) is 14.2 Å². The number of aryl methyl sites for hydroxylation is 1. The van der Waals surface area contributed by atoms with Crippen molar-refractivity contribution in [2.45, 2.75) is 25.9 Å². The Labute approximate surface area is 207 Å². The molecule has 0 bridgehead atoms. The van der Waals surface area contributed by atoms with Gasteiger partial charge in [-0.15, -0.1) is 0 Å². The zero-order valence-corrected chi connectivity index (χ0v) is 21.7. The van der Waals surface area contributed by atoms with E-state index in [1.807, 2.05) is 26.8 Å². The van der Waals surface area contributed by atoms with E-state index in [-0.39, 0.29) is 28.4 Å². The molecule has 8 nitrogen and oxygen atoms in total. The number of amides is 1. The first kappa shape index (κ1) is 25.7. The normalized spacial score (nSPS) is 10.9. The average Bonchev–Trinajstić information content (AvgIpc) is 2.84. The van der Waals surface area contributed by atoms with Crippen molar-refractivity contribution in [1.29, 1.82) is 0 Å². The Balaban J connectivity index is 2.33. The Hall–Kier alpha value is -2.91. The Morgan fingerprint density at radius 1 is 1.09 bits per heavy atom. The first-order valence-corrected chi connectivity index (χ1v) is 12.1. The molecule has 0 spiro atoms. The van der Waals surface area contributed by atoms with Gasteiger partial charge >= 0.3 is 0 Å². The molecular formula is C24H28ClN3O5S. The van der Waals surface area contributed by atoms with E-state index in [4.69, 9.17) is 30.8 Å². The molecular weight excluding hydrogens is 478 g/mol. The third kappa shape index (κ3) is 4.81. The number of nitrogens with zero attached hydrogens (tertiary/aromatic N) is 3. The summed E-state index contributed by atoms with van der Waals surface area (Å²) >= 11 is 7.46. The van der Waals surface area contributed by atoms with Gasteiger partial charge < -0.3 is 19.1 Å². The molecule has 0 aliphatic carbocycles. The number of rotatable bonds is 9. The zero-order valence-electron chi connectivity index (χ0n) is 20.1. The molecule has 0 aliphatic heterocycles. The average molecular weight is 506 g/mol. The summed E-state index contributed by atoms with van der Waals surface area (Å²) in [7, 11) is 4.45. The van der Waals surface area contributed by atoms with Crippen LogP contribution in [0.4, 0.5) is 0 Å². The van der Waals surface area contributed by atoms with Gasteiger partial charge in [0.2, 0.25) is 11.7 Å². The van der Waals surface area contributed by atoms with Crippen LogP contribution in [0.15, 0.2) is 34.2 Å². The number of fused-ring (bicyclic) bond motifs is 1. The second-order valence-corrected chi connectivity index (χ2v) is 8.74. The molecule has 0 atom stereocenters. The largest absolute Gasteiger partial charge is 0.493 e. The minimum atomic E-state index is -0.340. The highest BCUT2D eigenvalue weighted by Gasteiger charge is 2.24. The molecule has 34 heavy (non-hydrogen) atoms. The Kier molecular flexibility index (Phi) is 8.33. The van der Waals surface area contributed by atoms with Crippen LogP contribution in [-0.4, -0.2) is 60.5 Å². The topological polar surface area (TPSA) is 82.9 Å². The van der Waals surface area contributed by atoms with Gasteiger partial charge in [-0.25, -0.2) is 4.98 Å². The summed E-state index contributed by atoms with van der Waals surface area (Å²) in [6, 6.07) is 6.88. The highest BCUT2D eigenvalue weighted by atomic mass is 35.5. The first-order valence-electron chi connectivity index (χ1n) is 10.7. The van der Waals surface area contributed by atoms with Crippen molar-refractivity contribution in [3.05, 3.63) is 45.2 Å². The second-order valence-electron chi connectivity index (χ2n) is 7.36. The summed E-state index contributed by atoms with van der Waals surface area (Å²) in [5.74, 6) is 1.03. The predicted octanol–water partition coefficient (Wildman–Crippen LogP) is 4.33. The van der Waals surface area contributed by atoms with Crippen LogP contribution in [0.3, 0.4) is 0 Å². The zero-order chi connectivity index (χ0) is 25.0. The predicted molar refractivity (Wildman–Crippen MR) is 135 cm³/mol. The quantitative estimate of drug-likeness (QED) is 0.316. The lowest BCUT2D eigenvalue weighted by atomic mass is 10.1. The Bertz CT molecular complexity index is 1270. The maximum atomic E-state index is 13.9. The summed E-state index contributed by atoms with van der Waals surface area (Å²) in [5, 5.41) is 1.11. The van der Waals surface area contributed by atoms with Gasteiger partial charge in [0.15, 0.2) is 16.7 Å². The van der Waals surface area contributed by atoms with Crippen LogP contribution in [0, 0.1) is 6.92 Å². The van der Waals surface area contributed by atoms with Gasteiger partial charge in [0.1, 0.15) is 5.52 Å². The van der Waals surface area contributed by atoms with Crippen LogP contribution in [0.25, 0.3) is 16.6 Å². The molecule has 0 saturated carbocycles. The second kappa shape index (κ2) is 11.0. The minimum Gasteiger partial charge on any atom is -0.493 e. The minimum absolute atomic E-state index is 0.0435. The van der Waals surface area contributed by atoms with Crippen LogP contribution in [0.5, 0.6) is 17.2 Å². The van der Waals surface area contributed by atoms with Crippen LogP contribution in [0.2, 0.25) is 5.02 Å². The summed E-state index contributed by atoms with van der Waals surface area (Å²) in [5.41, 5.74) is 1.39. The third-order valence-corrected chi connectivity index (χ3v) is 6.65. The maximum absolute atomic E-state index is 13.9. The number of thioether (sulfide) groups is 1.